The molecule has 0 aliphatic carbocycles. The molecule has 1 atom stereocenters. The van der Waals surface area contributed by atoms with E-state index in [1.165, 1.54) is 18.4 Å². The highest BCUT2D eigenvalue weighted by atomic mass is 14.9. The number of nitrogens with one attached hydrogen (secondary N) is 1. The summed E-state index contributed by atoms with van der Waals surface area (Å²) in [7, 11) is 0. The average molecular weight is 183 g/mol. The maximum Gasteiger partial charge on any atom is 0.00417 e. The zero-order valence-electron chi connectivity index (χ0n) is 9.85. The van der Waals surface area contributed by atoms with Crippen LogP contribution in [0.2, 0.25) is 0 Å². The van der Waals surface area contributed by atoms with Gasteiger partial charge in [-0.05, 0) is 46.1 Å². The lowest BCUT2D eigenvalue weighted by Crippen LogP contribution is -2.29. The van der Waals surface area contributed by atoms with Gasteiger partial charge in [0.05, 0.1) is 0 Å². The Morgan fingerprint density at radius 3 is 2.31 bits per heavy atom. The molecule has 1 heteroatoms. The quantitative estimate of drug-likeness (QED) is 0.623. The zero-order chi connectivity index (χ0) is 10.3. The van der Waals surface area contributed by atoms with Gasteiger partial charge >= 0.3 is 0 Å². The Kier molecular flexibility index (Phi) is 6.97. The molecule has 0 spiro atoms. The van der Waals surface area contributed by atoms with E-state index >= 15 is 0 Å². The van der Waals surface area contributed by atoms with Gasteiger partial charge in [0, 0.05) is 6.04 Å². The highest BCUT2D eigenvalue weighted by molar-refractivity contribution is 4.93. The van der Waals surface area contributed by atoms with Gasteiger partial charge in [-0.15, -0.1) is 0 Å². The van der Waals surface area contributed by atoms with Gasteiger partial charge in [0.1, 0.15) is 0 Å². The second kappa shape index (κ2) is 7.14. The normalized spacial score (nSPS) is 13.1. The molecule has 0 aromatic heterocycles. The molecule has 0 bridgehead atoms. The second-order valence-electron chi connectivity index (χ2n) is 4.56. The monoisotopic (exact) mass is 183 g/mol. The van der Waals surface area contributed by atoms with Gasteiger partial charge < -0.3 is 5.32 Å². The lowest BCUT2D eigenvalue weighted by atomic mass is 10.1. The molecule has 1 nitrogen and oxygen atoms in total. The van der Waals surface area contributed by atoms with Gasteiger partial charge in [-0.2, -0.15) is 0 Å². The molecule has 1 N–H and O–H groups in total. The van der Waals surface area contributed by atoms with Crippen molar-refractivity contribution >= 4 is 0 Å². The molecule has 0 saturated carbocycles. The Bertz CT molecular complexity index is 143. The summed E-state index contributed by atoms with van der Waals surface area (Å²) in [6.45, 7) is 12.2. The molecule has 0 saturated heterocycles. The third kappa shape index (κ3) is 9.62. The third-order valence-electron chi connectivity index (χ3n) is 2.03. The van der Waals surface area contributed by atoms with Gasteiger partial charge in [-0.3, -0.25) is 0 Å². The summed E-state index contributed by atoms with van der Waals surface area (Å²) in [5, 5.41) is 3.53. The van der Waals surface area contributed by atoms with E-state index in [1.807, 2.05) is 0 Å². The van der Waals surface area contributed by atoms with Crippen LogP contribution in [0.4, 0.5) is 0 Å². The minimum Gasteiger partial charge on any atom is -0.314 e. The molecule has 0 heterocycles. The van der Waals surface area contributed by atoms with Crippen molar-refractivity contribution in [3.8, 4) is 0 Å². The van der Waals surface area contributed by atoms with E-state index in [9.17, 15) is 0 Å². The first-order valence-electron chi connectivity index (χ1n) is 5.39. The fourth-order valence-corrected chi connectivity index (χ4v) is 1.16. The maximum absolute atomic E-state index is 3.53. The summed E-state index contributed by atoms with van der Waals surface area (Å²) < 4.78 is 0. The zero-order valence-corrected chi connectivity index (χ0v) is 9.85. The first-order valence-corrected chi connectivity index (χ1v) is 5.39. The minimum atomic E-state index is 0.651. The Morgan fingerprint density at radius 2 is 1.85 bits per heavy atom. The molecular weight excluding hydrogens is 158 g/mol. The SMILES string of the molecule is CC(C)=CCCC(C)NCC(C)C. The van der Waals surface area contributed by atoms with E-state index in [-0.39, 0.29) is 0 Å². The number of allylic oxidation sites excluding steroid dienone is 2. The van der Waals surface area contributed by atoms with E-state index in [0.717, 1.165) is 12.5 Å². The van der Waals surface area contributed by atoms with E-state index in [0.29, 0.717) is 6.04 Å². The lowest BCUT2D eigenvalue weighted by Gasteiger charge is -2.14. The lowest BCUT2D eigenvalue weighted by molar-refractivity contribution is 0.466. The van der Waals surface area contributed by atoms with Crippen LogP contribution in [0.3, 0.4) is 0 Å². The van der Waals surface area contributed by atoms with Gasteiger partial charge in [0.15, 0.2) is 0 Å². The highest BCUT2D eigenvalue weighted by Gasteiger charge is 2.00. The van der Waals surface area contributed by atoms with Crippen molar-refractivity contribution in [2.45, 2.75) is 53.5 Å². The summed E-state index contributed by atoms with van der Waals surface area (Å²) in [5.41, 5.74) is 1.43. The van der Waals surface area contributed by atoms with E-state index in [4.69, 9.17) is 0 Å². The van der Waals surface area contributed by atoms with Crippen molar-refractivity contribution in [3.63, 3.8) is 0 Å². The Hall–Kier alpha value is -0.300. The van der Waals surface area contributed by atoms with Gasteiger partial charge in [-0.1, -0.05) is 25.5 Å². The molecule has 1 unspecified atom stereocenters. The summed E-state index contributed by atoms with van der Waals surface area (Å²) >= 11 is 0. The maximum atomic E-state index is 3.53. The Balaban J connectivity index is 3.40. The van der Waals surface area contributed by atoms with E-state index in [2.05, 4.69) is 46.0 Å². The van der Waals surface area contributed by atoms with Gasteiger partial charge in [0.2, 0.25) is 0 Å². The average Bonchev–Trinajstić information content (AvgIpc) is 2.00. The fourth-order valence-electron chi connectivity index (χ4n) is 1.16. The third-order valence-corrected chi connectivity index (χ3v) is 2.03. The smallest absolute Gasteiger partial charge is 0.00417 e. The molecular formula is C12H25N. The molecule has 0 rings (SSSR count). The molecule has 0 aliphatic heterocycles. The number of hydrogen-bond donors (Lipinski definition) is 1. The summed E-state index contributed by atoms with van der Waals surface area (Å²) in [4.78, 5) is 0. The van der Waals surface area contributed by atoms with Crippen molar-refractivity contribution in [3.05, 3.63) is 11.6 Å². The second-order valence-corrected chi connectivity index (χ2v) is 4.56. The van der Waals surface area contributed by atoms with E-state index in [1.54, 1.807) is 0 Å². The predicted octanol–water partition coefficient (Wildman–Crippen LogP) is 3.37. The van der Waals surface area contributed by atoms with Crippen molar-refractivity contribution < 1.29 is 0 Å². The first kappa shape index (κ1) is 12.7. The van der Waals surface area contributed by atoms with Crippen molar-refractivity contribution in [1.29, 1.82) is 0 Å². The molecule has 13 heavy (non-hydrogen) atoms. The fraction of sp³-hybridized carbons (Fsp3) is 0.833. The highest BCUT2D eigenvalue weighted by Crippen LogP contribution is 2.01. The summed E-state index contributed by atoms with van der Waals surface area (Å²) in [6.07, 6.45) is 4.76. The van der Waals surface area contributed by atoms with Crippen LogP contribution in [0.15, 0.2) is 11.6 Å². The van der Waals surface area contributed by atoms with Gasteiger partial charge in [-0.25, -0.2) is 0 Å². The molecule has 78 valence electrons. The van der Waals surface area contributed by atoms with Crippen LogP contribution in [0.1, 0.15) is 47.5 Å². The molecule has 0 fully saturated rings. The van der Waals surface area contributed by atoms with Crippen LogP contribution in [0.5, 0.6) is 0 Å². The minimum absolute atomic E-state index is 0.651. The van der Waals surface area contributed by atoms with E-state index < -0.39 is 0 Å². The largest absolute Gasteiger partial charge is 0.314 e. The topological polar surface area (TPSA) is 12.0 Å². The standard InChI is InChI=1S/C12H25N/c1-10(2)7-6-8-12(5)13-9-11(3)4/h7,11-13H,6,8-9H2,1-5H3. The van der Waals surface area contributed by atoms with Crippen LogP contribution >= 0.6 is 0 Å². The molecule has 0 aromatic rings. The van der Waals surface area contributed by atoms with Gasteiger partial charge in [0.25, 0.3) is 0 Å². The summed E-state index contributed by atoms with van der Waals surface area (Å²) in [5.74, 6) is 0.755. The van der Waals surface area contributed by atoms with Crippen LogP contribution in [-0.4, -0.2) is 12.6 Å². The Morgan fingerprint density at radius 1 is 1.23 bits per heavy atom. The van der Waals surface area contributed by atoms with Crippen molar-refractivity contribution in [2.75, 3.05) is 6.54 Å². The molecule has 0 amide bonds. The summed E-state index contributed by atoms with van der Waals surface area (Å²) in [6, 6.07) is 0.651. The van der Waals surface area contributed by atoms with Crippen LogP contribution in [0, 0.1) is 5.92 Å². The van der Waals surface area contributed by atoms with Crippen LogP contribution < -0.4 is 5.32 Å². The number of rotatable bonds is 6. The number of hydrogen-bond acceptors (Lipinski definition) is 1. The van der Waals surface area contributed by atoms with Crippen LogP contribution in [-0.2, 0) is 0 Å². The molecule has 0 radical (unpaired) electrons. The first-order chi connectivity index (χ1) is 6.02. The molecule has 0 aliphatic rings. The molecule has 0 aromatic carbocycles. The Labute approximate surface area is 83.6 Å². The van der Waals surface area contributed by atoms with Crippen molar-refractivity contribution in [2.24, 2.45) is 5.92 Å². The van der Waals surface area contributed by atoms with Crippen LogP contribution in [0.25, 0.3) is 0 Å². The predicted molar refractivity (Wildman–Crippen MR) is 61.0 cm³/mol. The van der Waals surface area contributed by atoms with Crippen molar-refractivity contribution in [1.82, 2.24) is 5.32 Å².